The minimum Gasteiger partial charge on any atom is -0.372 e. The van der Waals surface area contributed by atoms with E-state index in [2.05, 4.69) is 4.90 Å². The molecule has 1 aromatic rings. The van der Waals surface area contributed by atoms with Gasteiger partial charge in [0.05, 0.1) is 17.1 Å². The molecule has 1 aliphatic rings. The maximum Gasteiger partial charge on any atom is 0.269 e. The molecule has 1 heterocycles. The van der Waals surface area contributed by atoms with Crippen LogP contribution in [0.2, 0.25) is 0 Å². The van der Waals surface area contributed by atoms with E-state index >= 15 is 0 Å². The van der Waals surface area contributed by atoms with Crippen LogP contribution in [0.1, 0.15) is 19.4 Å². The average Bonchev–Trinajstić information content (AvgIpc) is 2.37. The smallest absolute Gasteiger partial charge is 0.269 e. The van der Waals surface area contributed by atoms with Crippen LogP contribution in [-0.2, 0) is 4.74 Å². The van der Waals surface area contributed by atoms with Crippen LogP contribution < -0.4 is 0 Å². The summed E-state index contributed by atoms with van der Waals surface area (Å²) in [6, 6.07) is 6.36. The van der Waals surface area contributed by atoms with Crippen molar-refractivity contribution in [3.8, 4) is 0 Å². The molecule has 1 fully saturated rings. The fourth-order valence-corrected chi connectivity index (χ4v) is 2.54. The van der Waals surface area contributed by atoms with E-state index in [9.17, 15) is 10.1 Å². The van der Waals surface area contributed by atoms with Crippen LogP contribution in [0.25, 0.3) is 0 Å². The number of benzene rings is 1. The Balaban J connectivity index is 2.12. The lowest BCUT2D eigenvalue weighted by Crippen LogP contribution is -2.47. The van der Waals surface area contributed by atoms with Crippen LogP contribution in [-0.4, -0.2) is 40.1 Å². The molecule has 6 heteroatoms. The molecular weight excluding hydrogens is 264 g/mol. The standard InChI is InChI=1S/C13H16N2O3S/c1-9-7-14(8-10(2)18-9)13(19)11-3-5-12(6-4-11)15(16)17/h3-6,9-10H,7-8H2,1-2H3/t9-,10-/m0/s1. The van der Waals surface area contributed by atoms with Crippen molar-refractivity contribution in [1.82, 2.24) is 4.90 Å². The number of ether oxygens (including phenoxy) is 1. The second-order valence-corrected chi connectivity index (χ2v) is 5.16. The fraction of sp³-hybridized carbons (Fsp3) is 0.462. The van der Waals surface area contributed by atoms with Gasteiger partial charge in [-0.15, -0.1) is 0 Å². The molecule has 0 N–H and O–H groups in total. The third-order valence-corrected chi connectivity index (χ3v) is 3.53. The van der Waals surface area contributed by atoms with E-state index in [-0.39, 0.29) is 17.9 Å². The van der Waals surface area contributed by atoms with Crippen molar-refractivity contribution in [3.05, 3.63) is 39.9 Å². The molecule has 0 saturated carbocycles. The normalized spacial score (nSPS) is 23.2. The second-order valence-electron chi connectivity index (χ2n) is 4.77. The number of thiocarbonyl (C=S) groups is 1. The van der Waals surface area contributed by atoms with Crippen molar-refractivity contribution in [2.45, 2.75) is 26.1 Å². The van der Waals surface area contributed by atoms with Crippen molar-refractivity contribution < 1.29 is 9.66 Å². The average molecular weight is 280 g/mol. The first-order valence-corrected chi connectivity index (χ1v) is 6.57. The monoisotopic (exact) mass is 280 g/mol. The molecule has 0 spiro atoms. The summed E-state index contributed by atoms with van der Waals surface area (Å²) in [6.07, 6.45) is 0.277. The SMILES string of the molecule is C[C@H]1CN(C(=S)c2ccc([N+](=O)[O-])cc2)C[C@H](C)O1. The fourth-order valence-electron chi connectivity index (χ4n) is 2.25. The molecule has 5 nitrogen and oxygen atoms in total. The lowest BCUT2D eigenvalue weighted by molar-refractivity contribution is -0.384. The van der Waals surface area contributed by atoms with Gasteiger partial charge in [-0.05, 0) is 26.0 Å². The first kappa shape index (κ1) is 13.9. The Morgan fingerprint density at radius 1 is 1.32 bits per heavy atom. The molecule has 19 heavy (non-hydrogen) atoms. The molecule has 0 aliphatic carbocycles. The summed E-state index contributed by atoms with van der Waals surface area (Å²) < 4.78 is 5.66. The van der Waals surface area contributed by atoms with Gasteiger partial charge in [0.15, 0.2) is 0 Å². The first-order chi connectivity index (χ1) is 8.97. The van der Waals surface area contributed by atoms with Crippen molar-refractivity contribution in [2.24, 2.45) is 0 Å². The van der Waals surface area contributed by atoms with Crippen LogP contribution in [0, 0.1) is 10.1 Å². The molecule has 0 unspecified atom stereocenters. The van der Waals surface area contributed by atoms with E-state index in [1.54, 1.807) is 12.1 Å². The van der Waals surface area contributed by atoms with E-state index in [4.69, 9.17) is 17.0 Å². The molecular formula is C13H16N2O3S. The Hall–Kier alpha value is -1.53. The number of rotatable bonds is 2. The van der Waals surface area contributed by atoms with Crippen molar-refractivity contribution in [3.63, 3.8) is 0 Å². The van der Waals surface area contributed by atoms with E-state index < -0.39 is 4.92 Å². The number of non-ortho nitro benzene ring substituents is 1. The molecule has 102 valence electrons. The zero-order valence-electron chi connectivity index (χ0n) is 10.9. The molecule has 2 atom stereocenters. The largest absolute Gasteiger partial charge is 0.372 e. The van der Waals surface area contributed by atoms with Crippen LogP contribution >= 0.6 is 12.2 Å². The number of nitro benzene ring substituents is 1. The molecule has 0 aromatic heterocycles. The number of nitrogens with zero attached hydrogens (tertiary/aromatic N) is 2. The Morgan fingerprint density at radius 2 is 1.84 bits per heavy atom. The maximum atomic E-state index is 10.6. The minimum absolute atomic E-state index is 0.0789. The van der Waals surface area contributed by atoms with Crippen LogP contribution in [0.3, 0.4) is 0 Å². The summed E-state index contributed by atoms with van der Waals surface area (Å²) in [4.78, 5) is 13.0. The van der Waals surface area contributed by atoms with Crippen molar-refractivity contribution in [1.29, 1.82) is 0 Å². The van der Waals surface area contributed by atoms with Gasteiger partial charge in [0.1, 0.15) is 4.99 Å². The van der Waals surface area contributed by atoms with Gasteiger partial charge < -0.3 is 9.64 Å². The number of nitro groups is 1. The third kappa shape index (κ3) is 3.27. The molecule has 0 amide bonds. The van der Waals surface area contributed by atoms with Gasteiger partial charge in [-0.25, -0.2) is 0 Å². The summed E-state index contributed by atoms with van der Waals surface area (Å²) in [6.45, 7) is 5.53. The van der Waals surface area contributed by atoms with E-state index in [0.29, 0.717) is 0 Å². The number of hydrogen-bond donors (Lipinski definition) is 0. The van der Waals surface area contributed by atoms with Gasteiger partial charge in [0.25, 0.3) is 5.69 Å². The Labute approximate surface area is 117 Å². The van der Waals surface area contributed by atoms with E-state index in [1.807, 2.05) is 13.8 Å². The minimum atomic E-state index is -0.411. The number of morpholine rings is 1. The topological polar surface area (TPSA) is 55.6 Å². The highest BCUT2D eigenvalue weighted by atomic mass is 32.1. The number of hydrogen-bond acceptors (Lipinski definition) is 4. The molecule has 0 bridgehead atoms. The lowest BCUT2D eigenvalue weighted by Gasteiger charge is -2.37. The predicted molar refractivity (Wildman–Crippen MR) is 76.4 cm³/mol. The molecule has 1 aliphatic heterocycles. The van der Waals surface area contributed by atoms with E-state index in [0.717, 1.165) is 23.6 Å². The lowest BCUT2D eigenvalue weighted by atomic mass is 10.1. The van der Waals surface area contributed by atoms with Gasteiger partial charge in [0, 0.05) is 30.8 Å². The molecule has 0 radical (unpaired) electrons. The summed E-state index contributed by atoms with van der Waals surface area (Å²) in [7, 11) is 0. The van der Waals surface area contributed by atoms with E-state index in [1.165, 1.54) is 12.1 Å². The van der Waals surface area contributed by atoms with Crippen molar-refractivity contribution in [2.75, 3.05) is 13.1 Å². The summed E-state index contributed by atoms with van der Waals surface area (Å²) in [5.74, 6) is 0. The van der Waals surface area contributed by atoms with Gasteiger partial charge >= 0.3 is 0 Å². The zero-order valence-corrected chi connectivity index (χ0v) is 11.7. The van der Waals surface area contributed by atoms with Gasteiger partial charge in [0.2, 0.25) is 0 Å². The van der Waals surface area contributed by atoms with Crippen molar-refractivity contribution >= 4 is 22.9 Å². The summed E-state index contributed by atoms with van der Waals surface area (Å²) in [5, 5.41) is 10.6. The molecule has 1 saturated heterocycles. The van der Waals surface area contributed by atoms with Crippen LogP contribution in [0.4, 0.5) is 5.69 Å². The highest BCUT2D eigenvalue weighted by molar-refractivity contribution is 7.80. The third-order valence-electron chi connectivity index (χ3n) is 3.03. The second kappa shape index (κ2) is 5.63. The Kier molecular flexibility index (Phi) is 4.11. The Bertz CT molecular complexity index is 479. The van der Waals surface area contributed by atoms with Gasteiger partial charge in [-0.3, -0.25) is 10.1 Å². The summed E-state index contributed by atoms with van der Waals surface area (Å²) >= 11 is 5.46. The highest BCUT2D eigenvalue weighted by Gasteiger charge is 2.24. The van der Waals surface area contributed by atoms with Gasteiger partial charge in [-0.1, -0.05) is 12.2 Å². The van der Waals surface area contributed by atoms with Gasteiger partial charge in [-0.2, -0.15) is 0 Å². The van der Waals surface area contributed by atoms with Crippen LogP contribution in [0.5, 0.6) is 0 Å². The quantitative estimate of drug-likeness (QED) is 0.473. The summed E-state index contributed by atoms with van der Waals surface area (Å²) in [5.41, 5.74) is 0.914. The first-order valence-electron chi connectivity index (χ1n) is 6.16. The molecule has 1 aromatic carbocycles. The highest BCUT2D eigenvalue weighted by Crippen LogP contribution is 2.17. The predicted octanol–water partition coefficient (Wildman–Crippen LogP) is 2.38. The maximum absolute atomic E-state index is 10.6. The van der Waals surface area contributed by atoms with Crippen LogP contribution in [0.15, 0.2) is 24.3 Å². The molecule has 2 rings (SSSR count). The Morgan fingerprint density at radius 3 is 2.32 bits per heavy atom. The zero-order chi connectivity index (χ0) is 14.0.